The Balaban J connectivity index is 2.02. The van der Waals surface area contributed by atoms with Crippen LogP contribution in [0.3, 0.4) is 0 Å². The molecule has 5 heteroatoms. The number of carbonyl (C=O) groups is 1. The molecule has 0 radical (unpaired) electrons. The number of fused-ring (bicyclic) bond motifs is 1. The van der Waals surface area contributed by atoms with Gasteiger partial charge < -0.3 is 15.7 Å². The van der Waals surface area contributed by atoms with Crippen LogP contribution in [0.15, 0.2) is 30.3 Å². The van der Waals surface area contributed by atoms with Gasteiger partial charge in [0.15, 0.2) is 0 Å². The molecule has 1 aliphatic rings. The van der Waals surface area contributed by atoms with Gasteiger partial charge in [-0.15, -0.1) is 0 Å². The van der Waals surface area contributed by atoms with Crippen LogP contribution >= 0.6 is 0 Å². The van der Waals surface area contributed by atoms with Crippen LogP contribution in [0.5, 0.6) is 0 Å². The third kappa shape index (κ3) is 2.69. The summed E-state index contributed by atoms with van der Waals surface area (Å²) in [6.45, 7) is 2.78. The number of hydrogen-bond donors (Lipinski definition) is 2. The first-order valence-corrected chi connectivity index (χ1v) is 7.13. The standard InChI is InChI=1S/C16H19N3O2/c1-16(21)7-4-8-19(10-16)15(20)12-9-14(17)18-13-6-3-2-5-11(12)13/h2-3,5-6,9,21H,4,7-8,10H2,1H3,(H2,17,18). The zero-order valence-electron chi connectivity index (χ0n) is 12.0. The minimum absolute atomic E-state index is 0.0970. The average Bonchev–Trinajstić information content (AvgIpc) is 2.44. The molecule has 2 heterocycles. The Morgan fingerprint density at radius 3 is 2.95 bits per heavy atom. The van der Waals surface area contributed by atoms with Crippen LogP contribution in [0.2, 0.25) is 0 Å². The number of hydrogen-bond acceptors (Lipinski definition) is 4. The number of aliphatic hydroxyl groups is 1. The smallest absolute Gasteiger partial charge is 0.254 e. The number of likely N-dealkylation sites (tertiary alicyclic amines) is 1. The zero-order chi connectivity index (χ0) is 15.0. The van der Waals surface area contributed by atoms with Crippen molar-refractivity contribution in [3.8, 4) is 0 Å². The number of para-hydroxylation sites is 1. The molecule has 110 valence electrons. The third-order valence-electron chi connectivity index (χ3n) is 3.93. The van der Waals surface area contributed by atoms with Crippen LogP contribution in [0.4, 0.5) is 5.82 Å². The van der Waals surface area contributed by atoms with Crippen LogP contribution in [0.25, 0.3) is 10.9 Å². The first-order chi connectivity index (χ1) is 9.96. The molecule has 1 saturated heterocycles. The van der Waals surface area contributed by atoms with Crippen molar-refractivity contribution in [1.82, 2.24) is 9.88 Å². The van der Waals surface area contributed by atoms with Crippen molar-refractivity contribution in [3.05, 3.63) is 35.9 Å². The lowest BCUT2D eigenvalue weighted by molar-refractivity contribution is -0.0106. The predicted octanol–water partition coefficient (Wildman–Crippen LogP) is 1.80. The Morgan fingerprint density at radius 2 is 2.19 bits per heavy atom. The third-order valence-corrected chi connectivity index (χ3v) is 3.93. The van der Waals surface area contributed by atoms with Crippen molar-refractivity contribution in [1.29, 1.82) is 0 Å². The summed E-state index contributed by atoms with van der Waals surface area (Å²) in [4.78, 5) is 18.7. The number of anilines is 1. The second kappa shape index (κ2) is 5.00. The Hall–Kier alpha value is -2.14. The van der Waals surface area contributed by atoms with E-state index in [0.717, 1.165) is 18.2 Å². The maximum absolute atomic E-state index is 12.8. The number of rotatable bonds is 1. The van der Waals surface area contributed by atoms with Gasteiger partial charge >= 0.3 is 0 Å². The van der Waals surface area contributed by atoms with E-state index in [1.54, 1.807) is 17.9 Å². The molecule has 1 aromatic carbocycles. The number of pyridine rings is 1. The summed E-state index contributed by atoms with van der Waals surface area (Å²) in [7, 11) is 0. The summed E-state index contributed by atoms with van der Waals surface area (Å²) >= 11 is 0. The number of amides is 1. The molecule has 0 spiro atoms. The van der Waals surface area contributed by atoms with Crippen LogP contribution in [0.1, 0.15) is 30.1 Å². The van der Waals surface area contributed by atoms with Gasteiger partial charge in [0.05, 0.1) is 16.7 Å². The van der Waals surface area contributed by atoms with Crippen molar-refractivity contribution >= 4 is 22.6 Å². The zero-order valence-corrected chi connectivity index (χ0v) is 12.0. The number of β-amino-alcohol motifs (C(OH)–C–C–N with tert-alkyl or cyclic N) is 1. The lowest BCUT2D eigenvalue weighted by Crippen LogP contribution is -2.48. The maximum Gasteiger partial charge on any atom is 0.254 e. The van der Waals surface area contributed by atoms with Crippen molar-refractivity contribution in [3.63, 3.8) is 0 Å². The summed E-state index contributed by atoms with van der Waals surface area (Å²) in [5.41, 5.74) is 6.26. The molecule has 1 unspecified atom stereocenters. The van der Waals surface area contributed by atoms with E-state index < -0.39 is 5.60 Å². The van der Waals surface area contributed by atoms with Crippen LogP contribution < -0.4 is 5.73 Å². The van der Waals surface area contributed by atoms with E-state index in [4.69, 9.17) is 5.73 Å². The van der Waals surface area contributed by atoms with Gasteiger partial charge in [-0.3, -0.25) is 4.79 Å². The number of nitrogen functional groups attached to an aromatic ring is 1. The number of nitrogens with zero attached hydrogens (tertiary/aromatic N) is 2. The molecule has 1 amide bonds. The molecular weight excluding hydrogens is 266 g/mol. The molecule has 1 atom stereocenters. The number of carbonyl (C=O) groups excluding carboxylic acids is 1. The van der Waals surface area contributed by atoms with E-state index in [9.17, 15) is 9.90 Å². The molecule has 2 aromatic rings. The fraction of sp³-hybridized carbons (Fsp3) is 0.375. The highest BCUT2D eigenvalue weighted by Gasteiger charge is 2.31. The molecule has 1 aliphatic heterocycles. The molecule has 1 fully saturated rings. The molecule has 3 rings (SSSR count). The highest BCUT2D eigenvalue weighted by molar-refractivity contribution is 6.06. The monoisotopic (exact) mass is 285 g/mol. The van der Waals surface area contributed by atoms with Crippen molar-refractivity contribution in [2.24, 2.45) is 0 Å². The van der Waals surface area contributed by atoms with E-state index in [1.165, 1.54) is 0 Å². The van der Waals surface area contributed by atoms with Crippen LogP contribution in [-0.4, -0.2) is 39.6 Å². The highest BCUT2D eigenvalue weighted by atomic mass is 16.3. The van der Waals surface area contributed by atoms with E-state index in [1.807, 2.05) is 24.3 Å². The Kier molecular flexibility index (Phi) is 3.29. The number of piperidine rings is 1. The van der Waals surface area contributed by atoms with Crippen molar-refractivity contribution in [2.75, 3.05) is 18.8 Å². The largest absolute Gasteiger partial charge is 0.388 e. The molecule has 0 saturated carbocycles. The molecule has 5 nitrogen and oxygen atoms in total. The summed E-state index contributed by atoms with van der Waals surface area (Å²) in [6.07, 6.45) is 1.52. The first-order valence-electron chi connectivity index (χ1n) is 7.13. The SMILES string of the molecule is CC1(O)CCCN(C(=O)c2cc(N)nc3ccccc23)C1. The van der Waals surface area contributed by atoms with Crippen molar-refractivity contribution in [2.45, 2.75) is 25.4 Å². The van der Waals surface area contributed by atoms with Gasteiger partial charge in [-0.05, 0) is 31.9 Å². The minimum atomic E-state index is -0.817. The first kappa shape index (κ1) is 13.8. The number of nitrogens with two attached hydrogens (primary N) is 1. The summed E-state index contributed by atoms with van der Waals surface area (Å²) in [6, 6.07) is 9.08. The fourth-order valence-corrected chi connectivity index (χ4v) is 2.94. The molecule has 3 N–H and O–H groups in total. The summed E-state index contributed by atoms with van der Waals surface area (Å²) in [5.74, 6) is 0.237. The lowest BCUT2D eigenvalue weighted by Gasteiger charge is -2.37. The van der Waals surface area contributed by atoms with Crippen LogP contribution in [0, 0.1) is 0 Å². The molecule has 0 aliphatic carbocycles. The minimum Gasteiger partial charge on any atom is -0.388 e. The quantitative estimate of drug-likeness (QED) is 0.837. The van der Waals surface area contributed by atoms with Gasteiger partial charge in [-0.1, -0.05) is 18.2 Å². The molecule has 1 aromatic heterocycles. The number of aromatic nitrogens is 1. The summed E-state index contributed by atoms with van der Waals surface area (Å²) < 4.78 is 0. The molecule has 0 bridgehead atoms. The maximum atomic E-state index is 12.8. The second-order valence-electron chi connectivity index (χ2n) is 5.94. The Labute approximate surface area is 123 Å². The molecule has 21 heavy (non-hydrogen) atoms. The number of benzene rings is 1. The van der Waals surface area contributed by atoms with E-state index >= 15 is 0 Å². The van der Waals surface area contributed by atoms with Gasteiger partial charge in [0.1, 0.15) is 5.82 Å². The van der Waals surface area contributed by atoms with Crippen molar-refractivity contribution < 1.29 is 9.90 Å². The van der Waals surface area contributed by atoms with Gasteiger partial charge in [-0.2, -0.15) is 0 Å². The molecular formula is C16H19N3O2. The Bertz CT molecular complexity index is 697. The van der Waals surface area contributed by atoms with E-state index in [-0.39, 0.29) is 5.91 Å². The van der Waals surface area contributed by atoms with Gasteiger partial charge in [0, 0.05) is 18.5 Å². The Morgan fingerprint density at radius 1 is 1.43 bits per heavy atom. The highest BCUT2D eigenvalue weighted by Crippen LogP contribution is 2.25. The van der Waals surface area contributed by atoms with Gasteiger partial charge in [0.2, 0.25) is 0 Å². The van der Waals surface area contributed by atoms with Gasteiger partial charge in [0.25, 0.3) is 5.91 Å². The van der Waals surface area contributed by atoms with Crippen LogP contribution in [-0.2, 0) is 0 Å². The normalized spacial score (nSPS) is 22.5. The fourth-order valence-electron chi connectivity index (χ4n) is 2.94. The predicted molar refractivity (Wildman–Crippen MR) is 81.9 cm³/mol. The summed E-state index contributed by atoms with van der Waals surface area (Å²) in [5, 5.41) is 11.0. The van der Waals surface area contributed by atoms with Gasteiger partial charge in [-0.25, -0.2) is 4.98 Å². The lowest BCUT2D eigenvalue weighted by atomic mass is 9.94. The van der Waals surface area contributed by atoms with E-state index in [0.29, 0.717) is 30.0 Å². The second-order valence-corrected chi connectivity index (χ2v) is 5.94. The topological polar surface area (TPSA) is 79.5 Å². The average molecular weight is 285 g/mol. The van der Waals surface area contributed by atoms with E-state index in [2.05, 4.69) is 4.98 Å².